The number of hydrogen-bond donors (Lipinski definition) is 1. The molecule has 0 aromatic heterocycles. The van der Waals surface area contributed by atoms with Crippen LogP contribution in [0.3, 0.4) is 0 Å². The van der Waals surface area contributed by atoms with E-state index in [2.05, 4.69) is 87.8 Å². The molecule has 1 heterocycles. The molecule has 3 aromatic rings. The number of piperidine rings is 1. The molecular weight excluding hydrogens is 432 g/mol. The topological polar surface area (TPSA) is 41.6 Å². The van der Waals surface area contributed by atoms with E-state index >= 15 is 0 Å². The van der Waals surface area contributed by atoms with Crippen molar-refractivity contribution in [3.05, 3.63) is 112 Å². The highest BCUT2D eigenvalue weighted by atomic mass is 16.5. The monoisotopic (exact) mass is 462 g/mol. The Balaban J connectivity index is 1.26. The molecule has 1 fully saturated rings. The smallest absolute Gasteiger partial charge is 0.411 e. The molecule has 2 aliphatic rings. The number of carbonyl (C=O) groups is 1. The van der Waals surface area contributed by atoms with E-state index in [1.165, 1.54) is 34.9 Å². The lowest BCUT2D eigenvalue weighted by Crippen LogP contribution is -2.31. The lowest BCUT2D eigenvalue weighted by molar-refractivity contribution is 0.187. The predicted octanol–water partition coefficient (Wildman–Crippen LogP) is 6.96. The number of ether oxygens (including phenoxy) is 1. The van der Waals surface area contributed by atoms with Crippen LogP contribution >= 0.6 is 0 Å². The Labute approximate surface area is 207 Å². The van der Waals surface area contributed by atoms with Gasteiger partial charge in [-0.3, -0.25) is 10.2 Å². The Morgan fingerprint density at radius 1 is 0.886 bits per heavy atom. The van der Waals surface area contributed by atoms with Crippen LogP contribution in [0.25, 0.3) is 23.8 Å². The minimum Gasteiger partial charge on any atom is -0.453 e. The van der Waals surface area contributed by atoms with E-state index in [4.69, 9.17) is 0 Å². The molecule has 0 radical (unpaired) electrons. The van der Waals surface area contributed by atoms with Gasteiger partial charge >= 0.3 is 6.09 Å². The Hall–Kier alpha value is -3.89. The maximum Gasteiger partial charge on any atom is 0.411 e. The van der Waals surface area contributed by atoms with E-state index in [0.717, 1.165) is 43.7 Å². The standard InChI is InChI=1S/C31H30N2O2/c1-35-31(34)32-27-16-12-23(13-17-27)7-6-20-33-21-18-26(19-22-33)30-28-10-4-2-8-24(28)14-15-25-9-3-5-11-29(25)30/h2-17H,18-22H2,1H3,(H,32,34). The molecule has 1 aliphatic heterocycles. The van der Waals surface area contributed by atoms with Gasteiger partial charge in [-0.25, -0.2) is 4.79 Å². The molecule has 4 heteroatoms. The molecule has 35 heavy (non-hydrogen) atoms. The molecule has 1 N–H and O–H groups in total. The number of nitrogens with zero attached hydrogens (tertiary/aromatic N) is 1. The van der Waals surface area contributed by atoms with Crippen LogP contribution in [0.5, 0.6) is 0 Å². The molecule has 0 atom stereocenters. The second-order valence-corrected chi connectivity index (χ2v) is 8.93. The second-order valence-electron chi connectivity index (χ2n) is 8.93. The highest BCUT2D eigenvalue weighted by Gasteiger charge is 2.22. The maximum absolute atomic E-state index is 11.3. The number of hydrogen-bond acceptors (Lipinski definition) is 3. The summed E-state index contributed by atoms with van der Waals surface area (Å²) in [7, 11) is 1.36. The number of anilines is 1. The average Bonchev–Trinajstić information content (AvgIpc) is 3.07. The van der Waals surface area contributed by atoms with Crippen molar-refractivity contribution < 1.29 is 9.53 Å². The molecule has 0 spiro atoms. The molecular formula is C31H30N2O2. The summed E-state index contributed by atoms with van der Waals surface area (Å²) in [5.74, 6) is 0. The first-order chi connectivity index (χ1) is 17.2. The van der Waals surface area contributed by atoms with Gasteiger partial charge < -0.3 is 4.74 Å². The van der Waals surface area contributed by atoms with Crippen molar-refractivity contribution in [3.8, 4) is 0 Å². The molecule has 0 bridgehead atoms. The zero-order valence-electron chi connectivity index (χ0n) is 20.0. The zero-order valence-corrected chi connectivity index (χ0v) is 20.0. The Kier molecular flexibility index (Phi) is 6.92. The van der Waals surface area contributed by atoms with E-state index in [9.17, 15) is 4.79 Å². The molecule has 3 aromatic carbocycles. The van der Waals surface area contributed by atoms with Crippen LogP contribution in [0, 0.1) is 0 Å². The highest BCUT2D eigenvalue weighted by Crippen LogP contribution is 2.38. The van der Waals surface area contributed by atoms with Crippen LogP contribution in [0.4, 0.5) is 10.5 Å². The third-order valence-corrected chi connectivity index (χ3v) is 6.73. The van der Waals surface area contributed by atoms with Gasteiger partial charge in [0.1, 0.15) is 0 Å². The summed E-state index contributed by atoms with van der Waals surface area (Å²) in [6.07, 6.45) is 10.6. The highest BCUT2D eigenvalue weighted by molar-refractivity contribution is 5.95. The van der Waals surface area contributed by atoms with Crippen molar-refractivity contribution in [1.29, 1.82) is 0 Å². The summed E-state index contributed by atoms with van der Waals surface area (Å²) in [6, 6.07) is 25.3. The number of likely N-dealkylation sites (tertiary alicyclic amines) is 1. The second kappa shape index (κ2) is 10.6. The predicted molar refractivity (Wildman–Crippen MR) is 145 cm³/mol. The fraction of sp³-hybridized carbons (Fsp3) is 0.194. The number of carbonyl (C=O) groups excluding carboxylic acids is 1. The van der Waals surface area contributed by atoms with Crippen molar-refractivity contribution in [2.24, 2.45) is 0 Å². The van der Waals surface area contributed by atoms with E-state index in [1.807, 2.05) is 24.3 Å². The van der Waals surface area contributed by atoms with Gasteiger partial charge in [0, 0.05) is 25.3 Å². The van der Waals surface area contributed by atoms with Gasteiger partial charge in [-0.2, -0.15) is 0 Å². The number of rotatable bonds is 4. The van der Waals surface area contributed by atoms with Crippen molar-refractivity contribution in [2.45, 2.75) is 12.8 Å². The van der Waals surface area contributed by atoms with Crippen LogP contribution in [0.1, 0.15) is 40.7 Å². The van der Waals surface area contributed by atoms with Crippen LogP contribution in [0.2, 0.25) is 0 Å². The number of amides is 1. The van der Waals surface area contributed by atoms with Crippen LogP contribution in [-0.2, 0) is 4.74 Å². The van der Waals surface area contributed by atoms with Gasteiger partial charge in [-0.05, 0) is 58.4 Å². The van der Waals surface area contributed by atoms with Crippen LogP contribution in [0.15, 0.2) is 84.4 Å². The normalized spacial score (nSPS) is 15.5. The van der Waals surface area contributed by atoms with Crippen molar-refractivity contribution in [1.82, 2.24) is 4.90 Å². The molecule has 0 saturated carbocycles. The van der Waals surface area contributed by atoms with Gasteiger partial charge in [0.25, 0.3) is 0 Å². The van der Waals surface area contributed by atoms with E-state index in [1.54, 1.807) is 5.57 Å². The number of nitrogens with one attached hydrogen (secondary N) is 1. The summed E-state index contributed by atoms with van der Waals surface area (Å²) >= 11 is 0. The van der Waals surface area contributed by atoms with Crippen molar-refractivity contribution in [3.63, 3.8) is 0 Å². The summed E-state index contributed by atoms with van der Waals surface area (Å²) in [6.45, 7) is 3.05. The lowest BCUT2D eigenvalue weighted by atomic mass is 9.86. The van der Waals surface area contributed by atoms with Crippen LogP contribution in [-0.4, -0.2) is 37.7 Å². The Morgan fingerprint density at radius 2 is 1.49 bits per heavy atom. The summed E-state index contributed by atoms with van der Waals surface area (Å²) in [4.78, 5) is 13.8. The number of benzene rings is 3. The fourth-order valence-electron chi connectivity index (χ4n) is 4.89. The average molecular weight is 463 g/mol. The first-order valence-corrected chi connectivity index (χ1v) is 12.1. The zero-order chi connectivity index (χ0) is 24.0. The minimum atomic E-state index is -0.459. The first-order valence-electron chi connectivity index (χ1n) is 12.1. The van der Waals surface area contributed by atoms with Gasteiger partial charge in [0.2, 0.25) is 0 Å². The number of fused-ring (bicyclic) bond motifs is 2. The molecule has 4 nitrogen and oxygen atoms in total. The Morgan fingerprint density at radius 3 is 2.09 bits per heavy atom. The van der Waals surface area contributed by atoms with Gasteiger partial charge in [0.15, 0.2) is 0 Å². The first kappa shape index (κ1) is 22.9. The maximum atomic E-state index is 11.3. The van der Waals surface area contributed by atoms with E-state index < -0.39 is 6.09 Å². The van der Waals surface area contributed by atoms with Gasteiger partial charge in [-0.15, -0.1) is 0 Å². The van der Waals surface area contributed by atoms with E-state index in [0.29, 0.717) is 0 Å². The third-order valence-electron chi connectivity index (χ3n) is 6.73. The van der Waals surface area contributed by atoms with E-state index in [-0.39, 0.29) is 0 Å². The van der Waals surface area contributed by atoms with Crippen molar-refractivity contribution >= 4 is 35.6 Å². The summed E-state index contributed by atoms with van der Waals surface area (Å²) in [5.41, 5.74) is 10.1. The van der Waals surface area contributed by atoms with Gasteiger partial charge in [-0.1, -0.05) is 90.5 Å². The van der Waals surface area contributed by atoms with Gasteiger partial charge in [0.05, 0.1) is 7.11 Å². The summed E-state index contributed by atoms with van der Waals surface area (Å²) in [5, 5.41) is 2.67. The van der Waals surface area contributed by atoms with Crippen LogP contribution < -0.4 is 5.32 Å². The summed E-state index contributed by atoms with van der Waals surface area (Å²) < 4.78 is 4.63. The van der Waals surface area contributed by atoms with Crippen molar-refractivity contribution in [2.75, 3.05) is 32.1 Å². The molecule has 1 saturated heterocycles. The fourth-order valence-corrected chi connectivity index (χ4v) is 4.89. The SMILES string of the molecule is COC(=O)Nc1ccc(C=CCN2CCC(=C3c4ccccc4C=Cc4ccccc43)CC2)cc1. The number of methoxy groups -OCH3 is 1. The molecule has 1 amide bonds. The lowest BCUT2D eigenvalue weighted by Gasteiger charge is -2.29. The quantitative estimate of drug-likeness (QED) is 0.356. The third kappa shape index (κ3) is 5.28. The minimum absolute atomic E-state index is 0.459. The Bertz CT molecular complexity index is 1240. The molecule has 0 unspecified atom stereocenters. The molecule has 176 valence electrons. The molecule has 5 rings (SSSR count). The molecule has 1 aliphatic carbocycles. The largest absolute Gasteiger partial charge is 0.453 e.